The molecule has 0 aromatic rings. The molecule has 0 unspecified atom stereocenters. The van der Waals surface area contributed by atoms with Crippen LogP contribution in [-0.4, -0.2) is 25.0 Å². The van der Waals surface area contributed by atoms with Crippen LogP contribution in [0.15, 0.2) is 0 Å². The van der Waals surface area contributed by atoms with Gasteiger partial charge in [0.05, 0.1) is 7.11 Å². The number of carbonyl (C=O) groups is 2. The fourth-order valence-electron chi connectivity index (χ4n) is 5.48. The van der Waals surface area contributed by atoms with Crippen LogP contribution in [0.3, 0.4) is 0 Å². The van der Waals surface area contributed by atoms with Crippen molar-refractivity contribution in [3.63, 3.8) is 0 Å². The molecule has 22 heavy (non-hydrogen) atoms. The average molecular weight is 307 g/mol. The van der Waals surface area contributed by atoms with Crippen LogP contribution in [-0.2, 0) is 14.3 Å². The fourth-order valence-corrected chi connectivity index (χ4v) is 5.48. The maximum Gasteiger partial charge on any atom is 0.328 e. The number of methoxy groups -OCH3 is 1. The molecule has 4 heteroatoms. The smallest absolute Gasteiger partial charge is 0.328 e. The van der Waals surface area contributed by atoms with Gasteiger partial charge in [0.2, 0.25) is 5.91 Å². The Morgan fingerprint density at radius 3 is 2.05 bits per heavy atom. The molecule has 4 rings (SSSR count). The molecule has 0 aromatic heterocycles. The van der Waals surface area contributed by atoms with Crippen LogP contribution in [0.5, 0.6) is 0 Å². The molecule has 1 N–H and O–H groups in total. The first-order valence-corrected chi connectivity index (χ1v) is 8.86. The van der Waals surface area contributed by atoms with Gasteiger partial charge in [0, 0.05) is 5.41 Å². The first kappa shape index (κ1) is 15.8. The van der Waals surface area contributed by atoms with Gasteiger partial charge < -0.3 is 10.1 Å². The lowest BCUT2D eigenvalue weighted by Crippen LogP contribution is -2.57. The number of amides is 1. The molecule has 0 spiro atoms. The Balaban J connectivity index is 1.74. The summed E-state index contributed by atoms with van der Waals surface area (Å²) in [7, 11) is 1.40. The highest BCUT2D eigenvalue weighted by Gasteiger charge is 2.55. The molecule has 1 amide bonds. The molecule has 124 valence electrons. The van der Waals surface area contributed by atoms with Crippen LogP contribution >= 0.6 is 0 Å². The molecule has 4 aliphatic rings. The van der Waals surface area contributed by atoms with Gasteiger partial charge in [0.15, 0.2) is 0 Å². The van der Waals surface area contributed by atoms with E-state index in [4.69, 9.17) is 4.74 Å². The molecule has 4 fully saturated rings. The second-order valence-corrected chi connectivity index (χ2v) is 8.06. The molecule has 0 radical (unpaired) electrons. The third kappa shape index (κ3) is 2.65. The van der Waals surface area contributed by atoms with E-state index in [0.717, 1.165) is 43.4 Å². The monoisotopic (exact) mass is 307 g/mol. The zero-order chi connectivity index (χ0) is 15.9. The lowest BCUT2D eigenvalue weighted by atomic mass is 9.49. The average Bonchev–Trinajstić information content (AvgIpc) is 2.49. The van der Waals surface area contributed by atoms with Crippen molar-refractivity contribution in [1.29, 1.82) is 0 Å². The Bertz CT molecular complexity index is 424. The molecule has 4 saturated carbocycles. The van der Waals surface area contributed by atoms with E-state index in [1.54, 1.807) is 0 Å². The molecular formula is C18H29NO3. The lowest BCUT2D eigenvalue weighted by molar-refractivity contribution is -0.154. The highest BCUT2D eigenvalue weighted by molar-refractivity contribution is 5.88. The molecular weight excluding hydrogens is 278 g/mol. The number of esters is 1. The van der Waals surface area contributed by atoms with E-state index in [1.165, 1.54) is 26.4 Å². The number of rotatable bonds is 5. The summed E-state index contributed by atoms with van der Waals surface area (Å²) in [5.74, 6) is 2.10. The summed E-state index contributed by atoms with van der Waals surface area (Å²) in [5, 5.41) is 3.06. The fraction of sp³-hybridized carbons (Fsp3) is 0.889. The van der Waals surface area contributed by atoms with Crippen LogP contribution in [0.1, 0.15) is 58.8 Å². The van der Waals surface area contributed by atoms with Crippen LogP contribution in [0.4, 0.5) is 0 Å². The molecule has 0 aromatic carbocycles. The first-order valence-electron chi connectivity index (χ1n) is 8.86. The first-order chi connectivity index (χ1) is 10.5. The number of carbonyl (C=O) groups excluding carboxylic acids is 2. The highest BCUT2D eigenvalue weighted by atomic mass is 16.5. The largest absolute Gasteiger partial charge is 0.467 e. The van der Waals surface area contributed by atoms with Crippen molar-refractivity contribution in [2.24, 2.45) is 29.1 Å². The number of ether oxygens (including phenoxy) is 1. The number of nitrogens with one attached hydrogen (secondary N) is 1. The van der Waals surface area contributed by atoms with Gasteiger partial charge >= 0.3 is 5.97 Å². The van der Waals surface area contributed by atoms with E-state index in [9.17, 15) is 9.59 Å². The van der Waals surface area contributed by atoms with Crippen molar-refractivity contribution in [3.05, 3.63) is 0 Å². The summed E-state index contributed by atoms with van der Waals surface area (Å²) < 4.78 is 4.90. The van der Waals surface area contributed by atoms with Crippen molar-refractivity contribution in [3.8, 4) is 0 Å². The minimum Gasteiger partial charge on any atom is -0.467 e. The Hall–Kier alpha value is -1.06. The SMILES string of the molecule is CC[C@H](C)[C@H](NC(=O)C12CC3CC(CC(C3)C1)C2)C(=O)OC. The van der Waals surface area contributed by atoms with Crippen LogP contribution in [0.2, 0.25) is 0 Å². The van der Waals surface area contributed by atoms with E-state index >= 15 is 0 Å². The summed E-state index contributed by atoms with van der Waals surface area (Å²) in [5.41, 5.74) is -0.200. The van der Waals surface area contributed by atoms with E-state index in [2.05, 4.69) is 5.32 Å². The van der Waals surface area contributed by atoms with E-state index < -0.39 is 6.04 Å². The summed E-state index contributed by atoms with van der Waals surface area (Å²) in [6, 6.07) is -0.504. The predicted octanol–water partition coefficient (Wildman–Crippen LogP) is 2.91. The van der Waals surface area contributed by atoms with Gasteiger partial charge in [0.25, 0.3) is 0 Å². The molecule has 4 aliphatic carbocycles. The van der Waals surface area contributed by atoms with Gasteiger partial charge in [-0.3, -0.25) is 4.79 Å². The van der Waals surface area contributed by atoms with Crippen molar-refractivity contribution < 1.29 is 14.3 Å². The van der Waals surface area contributed by atoms with Gasteiger partial charge in [0.1, 0.15) is 6.04 Å². The molecule has 0 saturated heterocycles. The highest BCUT2D eigenvalue weighted by Crippen LogP contribution is 2.60. The van der Waals surface area contributed by atoms with E-state index in [0.29, 0.717) is 0 Å². The van der Waals surface area contributed by atoms with Crippen molar-refractivity contribution in [2.75, 3.05) is 7.11 Å². The van der Waals surface area contributed by atoms with Gasteiger partial charge in [-0.25, -0.2) is 4.79 Å². The van der Waals surface area contributed by atoms with Crippen molar-refractivity contribution >= 4 is 11.9 Å². The zero-order valence-corrected chi connectivity index (χ0v) is 14.1. The predicted molar refractivity (Wildman–Crippen MR) is 84.0 cm³/mol. The summed E-state index contributed by atoms with van der Waals surface area (Å²) in [6.07, 6.45) is 7.88. The quantitative estimate of drug-likeness (QED) is 0.795. The Morgan fingerprint density at radius 1 is 1.14 bits per heavy atom. The van der Waals surface area contributed by atoms with E-state index in [1.807, 2.05) is 13.8 Å². The second-order valence-electron chi connectivity index (χ2n) is 8.06. The minimum atomic E-state index is -0.504. The van der Waals surface area contributed by atoms with E-state index in [-0.39, 0.29) is 23.2 Å². The summed E-state index contributed by atoms with van der Waals surface area (Å²) in [4.78, 5) is 25.1. The molecule has 4 bridgehead atoms. The summed E-state index contributed by atoms with van der Waals surface area (Å²) in [6.45, 7) is 4.04. The molecule has 2 atom stereocenters. The third-order valence-corrected chi connectivity index (χ3v) is 6.47. The van der Waals surface area contributed by atoms with Gasteiger partial charge in [-0.15, -0.1) is 0 Å². The van der Waals surface area contributed by atoms with Crippen LogP contribution < -0.4 is 5.32 Å². The topological polar surface area (TPSA) is 55.4 Å². The van der Waals surface area contributed by atoms with Gasteiger partial charge in [-0.2, -0.15) is 0 Å². The number of hydrogen-bond donors (Lipinski definition) is 1. The number of hydrogen-bond acceptors (Lipinski definition) is 3. The van der Waals surface area contributed by atoms with Gasteiger partial charge in [-0.05, 0) is 62.2 Å². The minimum absolute atomic E-state index is 0.102. The van der Waals surface area contributed by atoms with Crippen LogP contribution in [0, 0.1) is 29.1 Å². The Morgan fingerprint density at radius 2 is 1.64 bits per heavy atom. The third-order valence-electron chi connectivity index (χ3n) is 6.47. The maximum atomic E-state index is 13.0. The standard InChI is InChI=1S/C18H29NO3/c1-4-11(2)15(16(20)22-3)19-17(21)18-8-12-5-13(9-18)7-14(6-12)10-18/h11-15H,4-10H2,1-3H3,(H,19,21)/t11-,12?,13?,14?,15-,18?/m0/s1. The lowest BCUT2D eigenvalue weighted by Gasteiger charge is -2.55. The summed E-state index contributed by atoms with van der Waals surface area (Å²) >= 11 is 0. The molecule has 0 heterocycles. The second kappa shape index (κ2) is 5.86. The Labute approximate surface area is 133 Å². The molecule has 0 aliphatic heterocycles. The van der Waals surface area contributed by atoms with Crippen molar-refractivity contribution in [2.45, 2.75) is 64.8 Å². The van der Waals surface area contributed by atoms with Gasteiger partial charge in [-0.1, -0.05) is 20.3 Å². The zero-order valence-electron chi connectivity index (χ0n) is 14.1. The maximum absolute atomic E-state index is 13.0. The normalized spacial score (nSPS) is 38.4. The molecule has 4 nitrogen and oxygen atoms in total. The Kier molecular flexibility index (Phi) is 4.21. The van der Waals surface area contributed by atoms with Crippen molar-refractivity contribution in [1.82, 2.24) is 5.32 Å². The van der Waals surface area contributed by atoms with Crippen LogP contribution in [0.25, 0.3) is 0 Å².